The van der Waals surface area contributed by atoms with Crippen molar-refractivity contribution in [3.05, 3.63) is 33.8 Å². The summed E-state index contributed by atoms with van der Waals surface area (Å²) >= 11 is 3.44. The predicted octanol–water partition coefficient (Wildman–Crippen LogP) is 2.71. The van der Waals surface area contributed by atoms with Crippen LogP contribution in [-0.2, 0) is 6.42 Å². The second-order valence-electron chi connectivity index (χ2n) is 3.34. The Kier molecular flexibility index (Phi) is 3.97. The number of halogens is 1. The fourth-order valence-electron chi connectivity index (χ4n) is 1.25. The second-order valence-corrected chi connectivity index (χ2v) is 4.26. The van der Waals surface area contributed by atoms with Gasteiger partial charge in [0.25, 0.3) is 0 Å². The average Bonchev–Trinajstić information content (AvgIpc) is 2.19. The van der Waals surface area contributed by atoms with Crippen molar-refractivity contribution in [3.8, 4) is 6.19 Å². The van der Waals surface area contributed by atoms with Crippen molar-refractivity contribution < 1.29 is 0 Å². The summed E-state index contributed by atoms with van der Waals surface area (Å²) in [5.74, 6) is 0. The lowest BCUT2D eigenvalue weighted by Gasteiger charge is -2.10. The average molecular weight is 253 g/mol. The summed E-state index contributed by atoms with van der Waals surface area (Å²) in [5.41, 5.74) is 2.57. The van der Waals surface area contributed by atoms with E-state index in [0.717, 1.165) is 17.4 Å². The van der Waals surface area contributed by atoms with E-state index in [9.17, 15) is 0 Å². The first kappa shape index (κ1) is 11.1. The largest absolute Gasteiger partial charge is 0.313 e. The summed E-state index contributed by atoms with van der Waals surface area (Å²) in [6.45, 7) is 2.86. The predicted molar refractivity (Wildman–Crippen MR) is 60.8 cm³/mol. The highest BCUT2D eigenvalue weighted by Gasteiger charge is 2.00. The van der Waals surface area contributed by atoms with Gasteiger partial charge in [-0.05, 0) is 36.6 Å². The number of hydrogen-bond acceptors (Lipinski definition) is 2. The molecule has 0 spiro atoms. The van der Waals surface area contributed by atoms with Gasteiger partial charge in [-0.3, -0.25) is 0 Å². The molecule has 0 unspecified atom stereocenters. The molecule has 3 heteroatoms. The monoisotopic (exact) mass is 252 g/mol. The number of hydrogen-bond donors (Lipinski definition) is 0. The van der Waals surface area contributed by atoms with Crippen LogP contribution in [0.5, 0.6) is 0 Å². The van der Waals surface area contributed by atoms with Gasteiger partial charge in [0.05, 0.1) is 0 Å². The maximum absolute atomic E-state index is 8.60. The summed E-state index contributed by atoms with van der Waals surface area (Å²) in [7, 11) is 1.80. The first-order chi connectivity index (χ1) is 6.63. The van der Waals surface area contributed by atoms with Gasteiger partial charge in [-0.2, -0.15) is 5.26 Å². The van der Waals surface area contributed by atoms with E-state index < -0.39 is 0 Å². The molecule has 0 amide bonds. The van der Waals surface area contributed by atoms with Crippen LogP contribution in [0.1, 0.15) is 11.1 Å². The molecule has 74 valence electrons. The number of nitrogens with zero attached hydrogens (tertiary/aromatic N) is 2. The van der Waals surface area contributed by atoms with E-state index in [1.807, 2.05) is 6.07 Å². The molecule has 0 saturated carbocycles. The Balaban J connectivity index is 2.67. The van der Waals surface area contributed by atoms with Gasteiger partial charge >= 0.3 is 0 Å². The van der Waals surface area contributed by atoms with E-state index in [4.69, 9.17) is 5.26 Å². The Morgan fingerprint density at radius 2 is 2.21 bits per heavy atom. The smallest absolute Gasteiger partial charge is 0.179 e. The van der Waals surface area contributed by atoms with Crippen LogP contribution in [0.4, 0.5) is 0 Å². The zero-order chi connectivity index (χ0) is 10.6. The number of benzene rings is 1. The van der Waals surface area contributed by atoms with Gasteiger partial charge < -0.3 is 4.90 Å². The lowest BCUT2D eigenvalue weighted by molar-refractivity contribution is 0.478. The number of rotatable bonds is 3. The molecule has 0 fully saturated rings. The fourth-order valence-corrected chi connectivity index (χ4v) is 1.66. The lowest BCUT2D eigenvalue weighted by atomic mass is 10.1. The minimum Gasteiger partial charge on any atom is -0.313 e. The zero-order valence-corrected chi connectivity index (χ0v) is 10.0. The first-order valence-electron chi connectivity index (χ1n) is 4.49. The molecule has 0 radical (unpaired) electrons. The molecular weight excluding hydrogens is 240 g/mol. The number of nitriles is 1. The molecule has 0 aliphatic heterocycles. The maximum atomic E-state index is 8.60. The fraction of sp³-hybridized carbons (Fsp3) is 0.364. The van der Waals surface area contributed by atoms with Gasteiger partial charge in [-0.15, -0.1) is 0 Å². The molecule has 0 heterocycles. The van der Waals surface area contributed by atoms with E-state index >= 15 is 0 Å². The quantitative estimate of drug-likeness (QED) is 0.611. The van der Waals surface area contributed by atoms with Crippen LogP contribution in [0.15, 0.2) is 22.7 Å². The van der Waals surface area contributed by atoms with Gasteiger partial charge in [0.1, 0.15) is 0 Å². The van der Waals surface area contributed by atoms with Gasteiger partial charge in [0, 0.05) is 18.1 Å². The lowest BCUT2D eigenvalue weighted by Crippen LogP contribution is -2.15. The summed E-state index contributed by atoms with van der Waals surface area (Å²) < 4.78 is 1.10. The molecular formula is C11H13BrN2. The number of likely N-dealkylation sites (N-methyl/N-ethyl adjacent to an activating group) is 1. The van der Waals surface area contributed by atoms with E-state index in [0.29, 0.717) is 0 Å². The molecule has 14 heavy (non-hydrogen) atoms. The van der Waals surface area contributed by atoms with Crippen molar-refractivity contribution in [2.24, 2.45) is 0 Å². The highest BCUT2D eigenvalue weighted by molar-refractivity contribution is 9.10. The van der Waals surface area contributed by atoms with Crippen molar-refractivity contribution >= 4 is 15.9 Å². The summed E-state index contributed by atoms with van der Waals surface area (Å²) in [4.78, 5) is 1.64. The minimum atomic E-state index is 0.772. The summed E-state index contributed by atoms with van der Waals surface area (Å²) in [6, 6.07) is 6.24. The molecule has 0 atom stereocenters. The van der Waals surface area contributed by atoms with E-state index in [2.05, 4.69) is 41.2 Å². The van der Waals surface area contributed by atoms with Crippen LogP contribution >= 0.6 is 15.9 Å². The Morgan fingerprint density at radius 1 is 1.50 bits per heavy atom. The molecule has 0 aromatic heterocycles. The molecule has 0 saturated heterocycles. The summed E-state index contributed by atoms with van der Waals surface area (Å²) in [6.07, 6.45) is 3.00. The van der Waals surface area contributed by atoms with E-state index in [1.165, 1.54) is 11.1 Å². The third kappa shape index (κ3) is 3.04. The van der Waals surface area contributed by atoms with Crippen molar-refractivity contribution in [1.29, 1.82) is 5.26 Å². The SMILES string of the molecule is Cc1ccc(Br)cc1CCN(C)C#N. The second kappa shape index (κ2) is 5.02. The Bertz CT molecular complexity index is 355. The van der Waals surface area contributed by atoms with Crippen molar-refractivity contribution in [2.45, 2.75) is 13.3 Å². The standard InChI is InChI=1S/C11H13BrN2/c1-9-3-4-11(12)7-10(9)5-6-14(2)8-13/h3-4,7H,5-6H2,1-2H3. The van der Waals surface area contributed by atoms with Gasteiger partial charge in [0.15, 0.2) is 6.19 Å². The molecule has 1 rings (SSSR count). The Labute approximate surface area is 93.3 Å². The van der Waals surface area contributed by atoms with Crippen LogP contribution in [0.2, 0.25) is 0 Å². The van der Waals surface area contributed by atoms with Crippen LogP contribution in [0.3, 0.4) is 0 Å². The molecule has 0 aliphatic carbocycles. The third-order valence-electron chi connectivity index (χ3n) is 2.20. The Hall–Kier alpha value is -1.01. The maximum Gasteiger partial charge on any atom is 0.179 e. The van der Waals surface area contributed by atoms with Crippen LogP contribution in [0, 0.1) is 18.4 Å². The van der Waals surface area contributed by atoms with E-state index in [-0.39, 0.29) is 0 Å². The Morgan fingerprint density at radius 3 is 2.86 bits per heavy atom. The highest BCUT2D eigenvalue weighted by Crippen LogP contribution is 2.16. The molecule has 1 aromatic carbocycles. The molecule has 2 nitrogen and oxygen atoms in total. The molecule has 0 aliphatic rings. The zero-order valence-electron chi connectivity index (χ0n) is 8.42. The normalized spacial score (nSPS) is 9.57. The van der Waals surface area contributed by atoms with Crippen molar-refractivity contribution in [3.63, 3.8) is 0 Å². The van der Waals surface area contributed by atoms with Crippen LogP contribution < -0.4 is 0 Å². The van der Waals surface area contributed by atoms with Gasteiger partial charge in [-0.25, -0.2) is 0 Å². The highest BCUT2D eigenvalue weighted by atomic mass is 79.9. The van der Waals surface area contributed by atoms with Crippen molar-refractivity contribution in [1.82, 2.24) is 4.90 Å². The van der Waals surface area contributed by atoms with Crippen LogP contribution in [-0.4, -0.2) is 18.5 Å². The topological polar surface area (TPSA) is 27.0 Å². The third-order valence-corrected chi connectivity index (χ3v) is 2.69. The van der Waals surface area contributed by atoms with Crippen molar-refractivity contribution in [2.75, 3.05) is 13.6 Å². The molecule has 1 aromatic rings. The first-order valence-corrected chi connectivity index (χ1v) is 5.28. The summed E-state index contributed by atoms with van der Waals surface area (Å²) in [5, 5.41) is 8.60. The van der Waals surface area contributed by atoms with Crippen LogP contribution in [0.25, 0.3) is 0 Å². The van der Waals surface area contributed by atoms with Gasteiger partial charge in [-0.1, -0.05) is 22.0 Å². The van der Waals surface area contributed by atoms with E-state index in [1.54, 1.807) is 11.9 Å². The number of aryl methyl sites for hydroxylation is 1. The molecule has 0 bridgehead atoms. The minimum absolute atomic E-state index is 0.772. The molecule has 0 N–H and O–H groups in total. The van der Waals surface area contributed by atoms with Gasteiger partial charge in [0.2, 0.25) is 0 Å².